The maximum absolute atomic E-state index is 12.6. The first-order valence-corrected chi connectivity index (χ1v) is 9.88. The monoisotopic (exact) mass is 476 g/mol. The number of aromatic hydroxyl groups is 3. The summed E-state index contributed by atoms with van der Waals surface area (Å²) in [5.74, 6) is -3.29. The van der Waals surface area contributed by atoms with E-state index in [0.29, 0.717) is 5.56 Å². The molecule has 0 aliphatic carbocycles. The Morgan fingerprint density at radius 2 is 1.62 bits per heavy atom. The van der Waals surface area contributed by atoms with E-state index in [1.54, 1.807) is 0 Å². The summed E-state index contributed by atoms with van der Waals surface area (Å²) in [4.78, 5) is 24.4. The average molecular weight is 476 g/mol. The fraction of sp³-hybridized carbons (Fsp3) is 0.273. The van der Waals surface area contributed by atoms with E-state index in [0.717, 1.165) is 19.2 Å². The number of carbonyl (C=O) groups excluding carboxylic acids is 1. The van der Waals surface area contributed by atoms with E-state index in [-0.39, 0.29) is 22.5 Å². The minimum Gasteiger partial charge on any atom is -0.508 e. The summed E-state index contributed by atoms with van der Waals surface area (Å²) >= 11 is 0. The molecule has 2 heterocycles. The van der Waals surface area contributed by atoms with Crippen molar-refractivity contribution in [3.8, 4) is 34.3 Å². The van der Waals surface area contributed by atoms with Crippen molar-refractivity contribution in [1.82, 2.24) is 0 Å². The van der Waals surface area contributed by atoms with Crippen molar-refractivity contribution >= 4 is 16.9 Å². The van der Waals surface area contributed by atoms with E-state index in [2.05, 4.69) is 4.74 Å². The summed E-state index contributed by atoms with van der Waals surface area (Å²) < 4.78 is 20.8. The zero-order chi connectivity index (χ0) is 24.7. The van der Waals surface area contributed by atoms with Crippen LogP contribution in [0.5, 0.6) is 23.0 Å². The van der Waals surface area contributed by atoms with Crippen molar-refractivity contribution in [2.24, 2.45) is 0 Å². The van der Waals surface area contributed by atoms with Gasteiger partial charge in [-0.2, -0.15) is 0 Å². The second-order valence-corrected chi connectivity index (χ2v) is 7.50. The van der Waals surface area contributed by atoms with E-state index in [9.17, 15) is 40.2 Å². The Balaban J connectivity index is 1.75. The van der Waals surface area contributed by atoms with Crippen molar-refractivity contribution in [2.45, 2.75) is 30.7 Å². The van der Waals surface area contributed by atoms with Crippen molar-refractivity contribution in [1.29, 1.82) is 0 Å². The topological polar surface area (TPSA) is 196 Å². The molecule has 34 heavy (non-hydrogen) atoms. The first-order chi connectivity index (χ1) is 16.1. The lowest BCUT2D eigenvalue weighted by Gasteiger charge is -2.38. The third kappa shape index (κ3) is 3.99. The molecule has 0 bridgehead atoms. The second-order valence-electron chi connectivity index (χ2n) is 7.50. The largest absolute Gasteiger partial charge is 0.508 e. The number of hydrogen-bond acceptors (Lipinski definition) is 12. The Labute approximate surface area is 190 Å². The number of esters is 1. The summed E-state index contributed by atoms with van der Waals surface area (Å²) in [5.41, 5.74) is -0.478. The van der Waals surface area contributed by atoms with Gasteiger partial charge < -0.3 is 49.3 Å². The van der Waals surface area contributed by atoms with Crippen LogP contribution in [-0.4, -0.2) is 74.4 Å². The van der Waals surface area contributed by atoms with Crippen LogP contribution in [0.1, 0.15) is 0 Å². The van der Waals surface area contributed by atoms with Gasteiger partial charge in [0.15, 0.2) is 23.0 Å². The minimum absolute atomic E-state index is 0.00579. The number of rotatable bonds is 4. The second kappa shape index (κ2) is 8.83. The standard InChI is InChI=1S/C22H20O12/c1-31-21(30)20-18(28)17(27)19(29)22(34-20)33-13-7-12-14(16(26)15(13)25)10(24)6-11(32-12)8-2-4-9(23)5-3-8/h2-7,17-20,22-23,25-29H,1H3/t17?,18-,19?,20?,22?/m1/s1. The van der Waals surface area contributed by atoms with Crippen molar-refractivity contribution in [2.75, 3.05) is 7.11 Å². The molecular weight excluding hydrogens is 456 g/mol. The van der Waals surface area contributed by atoms with Gasteiger partial charge in [0, 0.05) is 17.7 Å². The number of phenols is 3. The molecule has 0 radical (unpaired) electrons. The fourth-order valence-corrected chi connectivity index (χ4v) is 3.51. The molecule has 12 nitrogen and oxygen atoms in total. The van der Waals surface area contributed by atoms with E-state index < -0.39 is 59.4 Å². The van der Waals surface area contributed by atoms with Gasteiger partial charge in [-0.3, -0.25) is 4.79 Å². The Kier molecular flexibility index (Phi) is 6.06. The van der Waals surface area contributed by atoms with Gasteiger partial charge in [-0.25, -0.2) is 4.79 Å². The highest BCUT2D eigenvalue weighted by molar-refractivity contribution is 5.89. The number of hydrogen-bond donors (Lipinski definition) is 6. The maximum Gasteiger partial charge on any atom is 0.337 e. The van der Waals surface area contributed by atoms with Crippen LogP contribution in [0.2, 0.25) is 0 Å². The number of aliphatic hydroxyl groups is 3. The molecule has 2 aromatic carbocycles. The van der Waals surface area contributed by atoms with Crippen molar-refractivity contribution in [3.63, 3.8) is 0 Å². The molecule has 1 aliphatic rings. The van der Waals surface area contributed by atoms with Crippen LogP contribution in [0.15, 0.2) is 45.6 Å². The smallest absolute Gasteiger partial charge is 0.337 e. The Bertz CT molecular complexity index is 1280. The number of fused-ring (bicyclic) bond motifs is 1. The lowest BCUT2D eigenvalue weighted by atomic mass is 9.99. The summed E-state index contributed by atoms with van der Waals surface area (Å²) in [6.07, 6.45) is -9.09. The first kappa shape index (κ1) is 23.3. The zero-order valence-electron chi connectivity index (χ0n) is 17.5. The molecule has 4 rings (SSSR count). The summed E-state index contributed by atoms with van der Waals surface area (Å²) in [7, 11) is 1.02. The van der Waals surface area contributed by atoms with Crippen molar-refractivity contribution < 1.29 is 54.1 Å². The van der Waals surface area contributed by atoms with Gasteiger partial charge in [0.05, 0.1) is 7.11 Å². The Hall–Kier alpha value is -3.84. The van der Waals surface area contributed by atoms with Crippen LogP contribution < -0.4 is 10.2 Å². The van der Waals surface area contributed by atoms with E-state index >= 15 is 0 Å². The van der Waals surface area contributed by atoms with Gasteiger partial charge in [-0.15, -0.1) is 0 Å². The van der Waals surface area contributed by atoms with Crippen LogP contribution in [0.25, 0.3) is 22.3 Å². The molecule has 4 unspecified atom stereocenters. The van der Waals surface area contributed by atoms with Crippen LogP contribution in [0, 0.1) is 0 Å². The summed E-state index contributed by atoms with van der Waals surface area (Å²) in [6.45, 7) is 0. The van der Waals surface area contributed by atoms with Gasteiger partial charge in [-0.1, -0.05) is 0 Å². The van der Waals surface area contributed by atoms with Gasteiger partial charge in [0.1, 0.15) is 40.8 Å². The molecule has 0 spiro atoms. The molecular formula is C22H20O12. The number of methoxy groups -OCH3 is 1. The lowest BCUT2D eigenvalue weighted by Crippen LogP contribution is -2.61. The van der Waals surface area contributed by atoms with Crippen LogP contribution in [0.3, 0.4) is 0 Å². The quantitative estimate of drug-likeness (QED) is 0.217. The molecule has 1 aromatic heterocycles. The van der Waals surface area contributed by atoms with Crippen molar-refractivity contribution in [3.05, 3.63) is 46.6 Å². The fourth-order valence-electron chi connectivity index (χ4n) is 3.51. The molecule has 12 heteroatoms. The van der Waals surface area contributed by atoms with Gasteiger partial charge in [0.2, 0.25) is 12.0 Å². The molecule has 5 atom stereocenters. The predicted molar refractivity (Wildman–Crippen MR) is 112 cm³/mol. The third-order valence-electron chi connectivity index (χ3n) is 5.33. The SMILES string of the molecule is COC(=O)C1OC(Oc2cc3oc(-c4ccc(O)cc4)cc(=O)c3c(O)c2O)C(O)C(O)[C@H]1O. The summed E-state index contributed by atoms with van der Waals surface area (Å²) in [5, 5.41) is 60.1. The molecule has 180 valence electrons. The molecule has 1 fully saturated rings. The molecule has 6 N–H and O–H groups in total. The molecule has 3 aromatic rings. The first-order valence-electron chi connectivity index (χ1n) is 9.88. The highest BCUT2D eigenvalue weighted by atomic mass is 16.7. The number of carbonyl (C=O) groups is 1. The number of ether oxygens (including phenoxy) is 3. The van der Waals surface area contributed by atoms with Gasteiger partial charge in [-0.05, 0) is 24.3 Å². The number of benzene rings is 2. The Morgan fingerprint density at radius 1 is 0.941 bits per heavy atom. The highest BCUT2D eigenvalue weighted by Crippen LogP contribution is 2.42. The van der Waals surface area contributed by atoms with Crippen LogP contribution >= 0.6 is 0 Å². The molecule has 0 amide bonds. The maximum atomic E-state index is 12.6. The van der Waals surface area contributed by atoms with Gasteiger partial charge >= 0.3 is 5.97 Å². The van der Waals surface area contributed by atoms with E-state index in [4.69, 9.17) is 13.9 Å². The predicted octanol–water partition coefficient (Wildman–Crippen LogP) is -0.0638. The molecule has 0 saturated carbocycles. The summed E-state index contributed by atoms with van der Waals surface area (Å²) in [6, 6.07) is 7.85. The Morgan fingerprint density at radius 3 is 2.26 bits per heavy atom. The number of phenolic OH excluding ortho intramolecular Hbond substituents is 3. The van der Waals surface area contributed by atoms with E-state index in [1.165, 1.54) is 24.3 Å². The normalized spacial score (nSPS) is 24.6. The minimum atomic E-state index is -1.88. The molecule has 1 saturated heterocycles. The highest BCUT2D eigenvalue weighted by Gasteiger charge is 2.48. The molecule has 1 aliphatic heterocycles. The zero-order valence-corrected chi connectivity index (χ0v) is 17.5. The van der Waals surface area contributed by atoms with E-state index in [1.807, 2.05) is 0 Å². The van der Waals surface area contributed by atoms with Gasteiger partial charge in [0.25, 0.3) is 0 Å². The lowest BCUT2D eigenvalue weighted by molar-refractivity contribution is -0.272. The average Bonchev–Trinajstić information content (AvgIpc) is 2.82. The third-order valence-corrected chi connectivity index (χ3v) is 5.33. The van der Waals surface area contributed by atoms with Crippen LogP contribution in [0.4, 0.5) is 0 Å². The van der Waals surface area contributed by atoms with Crippen LogP contribution in [-0.2, 0) is 14.3 Å². The number of aliphatic hydroxyl groups excluding tert-OH is 3.